The summed E-state index contributed by atoms with van der Waals surface area (Å²) < 4.78 is 0. The average molecular weight is 393 g/mol. The number of hydrogen-bond acceptors (Lipinski definition) is 4. The molecule has 0 radical (unpaired) electrons. The highest BCUT2D eigenvalue weighted by atomic mass is 32.2. The van der Waals surface area contributed by atoms with Crippen LogP contribution in [-0.4, -0.2) is 21.7 Å². The molecule has 0 saturated carbocycles. The van der Waals surface area contributed by atoms with Crippen LogP contribution < -0.4 is 0 Å². The first-order valence-corrected chi connectivity index (χ1v) is 10.3. The zero-order valence-electron chi connectivity index (χ0n) is 16.8. The fourth-order valence-electron chi connectivity index (χ4n) is 4.80. The zero-order valence-corrected chi connectivity index (χ0v) is 17.6. The van der Waals surface area contributed by atoms with E-state index >= 15 is 0 Å². The third kappa shape index (κ3) is 2.26. The van der Waals surface area contributed by atoms with Crippen molar-refractivity contribution in [3.05, 3.63) is 75.5 Å². The number of likely N-dealkylation sites (N-methyl/N-ethyl adjacent to an activating group) is 1. The van der Waals surface area contributed by atoms with E-state index in [0.29, 0.717) is 5.39 Å². The largest absolute Gasteiger partial charge is 0.356 e. The van der Waals surface area contributed by atoms with E-state index in [-0.39, 0.29) is 20.9 Å². The number of benzene rings is 2. The third-order valence-electron chi connectivity index (χ3n) is 6.21. The Morgan fingerprint density at radius 3 is 2.39 bits per heavy atom. The van der Waals surface area contributed by atoms with Crippen LogP contribution >= 0.6 is 11.8 Å². The van der Waals surface area contributed by atoms with Gasteiger partial charge in [0.1, 0.15) is 4.87 Å². The number of rotatable bonds is 1. The molecule has 1 spiro atoms. The molecule has 144 valence electrons. The predicted molar refractivity (Wildman–Crippen MR) is 117 cm³/mol. The Morgan fingerprint density at radius 1 is 1.14 bits per heavy atom. The van der Waals surface area contributed by atoms with Crippen LogP contribution in [0.1, 0.15) is 33.3 Å². The lowest BCUT2D eigenvalue weighted by molar-refractivity contribution is -0.383. The maximum absolute atomic E-state index is 11.6. The Balaban J connectivity index is 2.00. The molecule has 2 aliphatic heterocycles. The van der Waals surface area contributed by atoms with Gasteiger partial charge in [-0.3, -0.25) is 10.1 Å². The summed E-state index contributed by atoms with van der Waals surface area (Å²) in [5.74, 6) is 0. The van der Waals surface area contributed by atoms with Gasteiger partial charge in [-0.1, -0.05) is 62.0 Å². The van der Waals surface area contributed by atoms with E-state index in [1.165, 1.54) is 11.3 Å². The second kappa shape index (κ2) is 6.24. The molecule has 0 aromatic heterocycles. The first-order chi connectivity index (χ1) is 13.3. The summed E-state index contributed by atoms with van der Waals surface area (Å²) in [5.41, 5.74) is 3.52. The van der Waals surface area contributed by atoms with Gasteiger partial charge in [-0.2, -0.15) is 0 Å². The lowest BCUT2D eigenvalue weighted by Crippen LogP contribution is -2.46. The van der Waals surface area contributed by atoms with Crippen molar-refractivity contribution in [2.24, 2.45) is 5.41 Å². The third-order valence-corrected chi connectivity index (χ3v) is 8.10. The molecule has 0 bridgehead atoms. The molecular formula is C23H24N2O2S. The topological polar surface area (TPSA) is 46.4 Å². The van der Waals surface area contributed by atoms with Crippen LogP contribution in [0.4, 0.5) is 5.69 Å². The van der Waals surface area contributed by atoms with Crippen molar-refractivity contribution in [3.63, 3.8) is 0 Å². The van der Waals surface area contributed by atoms with Crippen molar-refractivity contribution in [2.75, 3.05) is 7.05 Å². The van der Waals surface area contributed by atoms with Crippen molar-refractivity contribution in [2.45, 2.75) is 37.5 Å². The first kappa shape index (κ1) is 18.8. The van der Waals surface area contributed by atoms with E-state index in [0.717, 1.165) is 15.8 Å². The fraction of sp³-hybridized carbons (Fsp3) is 0.304. The quantitative estimate of drug-likeness (QED) is 0.417. The Hall–Kier alpha value is -2.53. The van der Waals surface area contributed by atoms with Gasteiger partial charge in [-0.05, 0) is 37.1 Å². The van der Waals surface area contributed by atoms with E-state index in [1.807, 2.05) is 24.3 Å². The second-order valence-electron chi connectivity index (χ2n) is 7.81. The van der Waals surface area contributed by atoms with Crippen LogP contribution in [0.5, 0.6) is 0 Å². The minimum atomic E-state index is -0.289. The molecule has 4 rings (SSSR count). The van der Waals surface area contributed by atoms with Crippen LogP contribution in [0, 0.1) is 15.5 Å². The van der Waals surface area contributed by atoms with E-state index in [1.54, 1.807) is 17.8 Å². The Morgan fingerprint density at radius 2 is 1.82 bits per heavy atom. The second-order valence-corrected chi connectivity index (χ2v) is 9.04. The summed E-state index contributed by atoms with van der Waals surface area (Å²) >= 11 is 1.80. The smallest absolute Gasteiger partial charge is 0.277 e. The summed E-state index contributed by atoms with van der Waals surface area (Å²) in [6, 6.07) is 9.37. The zero-order chi connectivity index (χ0) is 20.3. The van der Waals surface area contributed by atoms with Crippen LogP contribution in [0.15, 0.2) is 64.7 Å². The number of nitrogens with zero attached hydrogens (tertiary/aromatic N) is 2. The van der Waals surface area contributed by atoms with Crippen molar-refractivity contribution in [1.82, 2.24) is 4.90 Å². The van der Waals surface area contributed by atoms with Gasteiger partial charge in [0.05, 0.1) is 10.3 Å². The average Bonchev–Trinajstić information content (AvgIpc) is 2.84. The molecule has 0 aliphatic carbocycles. The minimum absolute atomic E-state index is 0.125. The van der Waals surface area contributed by atoms with Gasteiger partial charge in [-0.25, -0.2) is 0 Å². The summed E-state index contributed by atoms with van der Waals surface area (Å²) in [6.45, 7) is 8.74. The van der Waals surface area contributed by atoms with Gasteiger partial charge in [0.2, 0.25) is 0 Å². The molecule has 4 nitrogen and oxygen atoms in total. The first-order valence-electron chi connectivity index (χ1n) is 9.44. The van der Waals surface area contributed by atoms with Crippen molar-refractivity contribution >= 4 is 34.3 Å². The maximum atomic E-state index is 11.6. The number of thioether (sulfide) groups is 1. The van der Waals surface area contributed by atoms with Gasteiger partial charge in [0, 0.05) is 34.5 Å². The highest BCUT2D eigenvalue weighted by Gasteiger charge is 2.57. The molecule has 0 amide bonds. The number of allylic oxidation sites excluding steroid dienone is 3. The monoisotopic (exact) mass is 392 g/mol. The highest BCUT2D eigenvalue weighted by molar-refractivity contribution is 8.01. The normalized spacial score (nSPS) is 25.8. The van der Waals surface area contributed by atoms with E-state index in [4.69, 9.17) is 0 Å². The molecule has 0 N–H and O–H groups in total. The molecule has 1 unspecified atom stereocenters. The van der Waals surface area contributed by atoms with Crippen molar-refractivity contribution in [1.29, 1.82) is 0 Å². The summed E-state index contributed by atoms with van der Waals surface area (Å²) in [6.07, 6.45) is 8.66. The molecule has 2 aliphatic rings. The minimum Gasteiger partial charge on any atom is -0.356 e. The SMILES string of the molecule is C/C=C1\C(=C/C)N(C)C2(C=Cc3cc([N+](=O)[O-])c4ccccc4c3S2)C1(C)C. The van der Waals surface area contributed by atoms with Crippen molar-refractivity contribution < 1.29 is 4.92 Å². The standard InChI is InChI=1S/C23H24N2O2S/c1-6-18-19(7-2)24(5)23(22(18,3)4)13-12-15-14-20(25(26)27)16-10-8-9-11-17(16)21(15)28-23/h6-14H,1-5H3/b18-6+,19-7+. The van der Waals surface area contributed by atoms with Crippen LogP contribution in [0.2, 0.25) is 0 Å². The number of nitro groups is 1. The van der Waals surface area contributed by atoms with Gasteiger partial charge in [-0.15, -0.1) is 0 Å². The molecule has 2 heterocycles. The number of non-ortho nitro benzene ring substituents is 1. The van der Waals surface area contributed by atoms with E-state index in [2.05, 4.69) is 63.9 Å². The fourth-order valence-corrected chi connectivity index (χ4v) is 6.38. The summed E-state index contributed by atoms with van der Waals surface area (Å²) in [4.78, 5) is 14.5. The van der Waals surface area contributed by atoms with E-state index < -0.39 is 0 Å². The van der Waals surface area contributed by atoms with Crippen molar-refractivity contribution in [3.8, 4) is 0 Å². The van der Waals surface area contributed by atoms with Crippen LogP contribution in [0.25, 0.3) is 16.8 Å². The maximum Gasteiger partial charge on any atom is 0.277 e. The Kier molecular flexibility index (Phi) is 4.19. The molecular weight excluding hydrogens is 368 g/mol. The highest BCUT2D eigenvalue weighted by Crippen LogP contribution is 2.63. The van der Waals surface area contributed by atoms with Gasteiger partial charge < -0.3 is 4.90 Å². The molecule has 28 heavy (non-hydrogen) atoms. The Bertz CT molecular complexity index is 1100. The number of likely N-dealkylation sites (tertiary alicyclic amines) is 1. The molecule has 1 saturated heterocycles. The lowest BCUT2D eigenvalue weighted by atomic mass is 9.78. The summed E-state index contributed by atoms with van der Waals surface area (Å²) in [7, 11) is 2.14. The van der Waals surface area contributed by atoms with Crippen LogP contribution in [0.3, 0.4) is 0 Å². The molecule has 1 atom stereocenters. The molecule has 5 heteroatoms. The molecule has 1 fully saturated rings. The van der Waals surface area contributed by atoms with Crippen LogP contribution in [-0.2, 0) is 0 Å². The van der Waals surface area contributed by atoms with E-state index in [9.17, 15) is 10.1 Å². The van der Waals surface area contributed by atoms with Gasteiger partial charge >= 0.3 is 0 Å². The van der Waals surface area contributed by atoms with Gasteiger partial charge in [0.15, 0.2) is 0 Å². The lowest BCUT2D eigenvalue weighted by Gasteiger charge is -2.45. The number of nitro benzene ring substituents is 1. The summed E-state index contributed by atoms with van der Waals surface area (Å²) in [5, 5.41) is 13.3. The number of fused-ring (bicyclic) bond motifs is 3. The van der Waals surface area contributed by atoms with Gasteiger partial charge in [0.25, 0.3) is 5.69 Å². The predicted octanol–water partition coefficient (Wildman–Crippen LogP) is 6.38. The molecule has 2 aromatic rings. The Labute approximate surface area is 169 Å². The molecule has 2 aromatic carbocycles. The number of hydrogen-bond donors (Lipinski definition) is 0.